The molecule has 1 unspecified atom stereocenters. The van der Waals surface area contributed by atoms with E-state index in [9.17, 15) is 4.79 Å². The number of rotatable bonds is 5. The van der Waals surface area contributed by atoms with Crippen LogP contribution in [0.5, 0.6) is 0 Å². The predicted octanol–water partition coefficient (Wildman–Crippen LogP) is 2.94. The average Bonchev–Trinajstić information content (AvgIpc) is 3.10. The molecule has 1 aliphatic rings. The first kappa shape index (κ1) is 22.1. The Balaban J connectivity index is 0.00000156. The monoisotopic (exact) mass is 404 g/mol. The fraction of sp³-hybridized carbons (Fsp3) is 0.529. The molecule has 140 valence electrons. The zero-order valence-corrected chi connectivity index (χ0v) is 17.1. The topological polar surface area (TPSA) is 64.2 Å². The summed E-state index contributed by atoms with van der Waals surface area (Å²) in [4.78, 5) is 19.4. The van der Waals surface area contributed by atoms with E-state index in [2.05, 4.69) is 22.7 Å². The number of likely N-dealkylation sites (tertiary alicyclic amines) is 1. The Morgan fingerprint density at radius 1 is 1.36 bits per heavy atom. The first-order valence-electron chi connectivity index (χ1n) is 7.97. The third kappa shape index (κ3) is 4.61. The van der Waals surface area contributed by atoms with E-state index in [1.54, 1.807) is 11.8 Å². The first-order valence-corrected chi connectivity index (χ1v) is 9.36. The molecule has 0 aliphatic carbocycles. The number of amides is 1. The summed E-state index contributed by atoms with van der Waals surface area (Å²) in [5.74, 6) is 1.93. The maximum atomic E-state index is 12.7. The number of fused-ring (bicyclic) bond motifs is 1. The van der Waals surface area contributed by atoms with E-state index < -0.39 is 0 Å². The van der Waals surface area contributed by atoms with Crippen molar-refractivity contribution in [2.24, 2.45) is 11.1 Å². The lowest BCUT2D eigenvalue weighted by molar-refractivity contribution is -0.131. The van der Waals surface area contributed by atoms with E-state index in [4.69, 9.17) is 5.73 Å². The number of nitrogens with zero attached hydrogens (tertiary/aromatic N) is 3. The van der Waals surface area contributed by atoms with Gasteiger partial charge in [-0.2, -0.15) is 11.8 Å². The van der Waals surface area contributed by atoms with Crippen molar-refractivity contribution in [3.8, 4) is 0 Å². The standard InChI is InChI=1S/C17H24N4OS.2ClH/c1-17(11-18)7-8-20(12-17)16(22)9-21-14-6-4-3-5-13(14)19-15(21)10-23-2;;/h3-6H,7-12,18H2,1-2H3;2*1H. The van der Waals surface area contributed by atoms with Crippen molar-refractivity contribution < 1.29 is 4.79 Å². The van der Waals surface area contributed by atoms with Crippen molar-refractivity contribution in [1.29, 1.82) is 0 Å². The Labute approximate surface area is 165 Å². The second kappa shape index (κ2) is 9.12. The highest BCUT2D eigenvalue weighted by atomic mass is 35.5. The fourth-order valence-corrected chi connectivity index (χ4v) is 3.66. The molecule has 1 amide bonds. The first-order chi connectivity index (χ1) is 11.1. The van der Waals surface area contributed by atoms with Crippen LogP contribution in [-0.4, -0.2) is 46.2 Å². The number of benzene rings is 1. The van der Waals surface area contributed by atoms with Crippen LogP contribution < -0.4 is 5.73 Å². The van der Waals surface area contributed by atoms with Crippen molar-refractivity contribution in [2.45, 2.75) is 25.6 Å². The second-order valence-corrected chi connectivity index (χ2v) is 7.48. The zero-order valence-electron chi connectivity index (χ0n) is 14.6. The Hall–Kier alpha value is -0.950. The van der Waals surface area contributed by atoms with E-state index in [0.29, 0.717) is 13.1 Å². The summed E-state index contributed by atoms with van der Waals surface area (Å²) in [6, 6.07) is 8.02. The van der Waals surface area contributed by atoms with Crippen LogP contribution >= 0.6 is 36.6 Å². The molecule has 0 radical (unpaired) electrons. The maximum absolute atomic E-state index is 12.7. The minimum atomic E-state index is 0. The van der Waals surface area contributed by atoms with Gasteiger partial charge in [-0.15, -0.1) is 24.8 Å². The molecule has 8 heteroatoms. The van der Waals surface area contributed by atoms with Crippen molar-refractivity contribution in [3.63, 3.8) is 0 Å². The van der Waals surface area contributed by atoms with Crippen LogP contribution in [0.15, 0.2) is 24.3 Å². The number of hydrogen-bond acceptors (Lipinski definition) is 4. The van der Waals surface area contributed by atoms with Gasteiger partial charge in [-0.25, -0.2) is 4.98 Å². The Bertz CT molecular complexity index is 724. The van der Waals surface area contributed by atoms with Gasteiger partial charge in [-0.3, -0.25) is 4.79 Å². The van der Waals surface area contributed by atoms with E-state index in [0.717, 1.165) is 42.1 Å². The normalized spacial score (nSPS) is 19.6. The Kier molecular flexibility index (Phi) is 8.06. The van der Waals surface area contributed by atoms with Crippen LogP contribution in [0.25, 0.3) is 11.0 Å². The molecular formula is C17H26Cl2N4OS. The molecule has 1 fully saturated rings. The molecule has 3 rings (SSSR count). The summed E-state index contributed by atoms with van der Waals surface area (Å²) in [7, 11) is 0. The van der Waals surface area contributed by atoms with Gasteiger partial charge < -0.3 is 15.2 Å². The van der Waals surface area contributed by atoms with Gasteiger partial charge in [0.05, 0.1) is 16.8 Å². The van der Waals surface area contributed by atoms with Crippen molar-refractivity contribution >= 4 is 53.5 Å². The quantitative estimate of drug-likeness (QED) is 0.831. The summed E-state index contributed by atoms with van der Waals surface area (Å²) in [5.41, 5.74) is 7.90. The van der Waals surface area contributed by atoms with Gasteiger partial charge in [-0.05, 0) is 36.8 Å². The lowest BCUT2D eigenvalue weighted by Gasteiger charge is -2.23. The molecule has 2 heterocycles. The van der Waals surface area contributed by atoms with Crippen molar-refractivity contribution in [1.82, 2.24) is 14.5 Å². The molecule has 0 bridgehead atoms. The highest BCUT2D eigenvalue weighted by molar-refractivity contribution is 7.97. The molecular weight excluding hydrogens is 379 g/mol. The molecule has 25 heavy (non-hydrogen) atoms. The summed E-state index contributed by atoms with van der Waals surface area (Å²) >= 11 is 1.72. The average molecular weight is 405 g/mol. The maximum Gasteiger partial charge on any atom is 0.242 e. The largest absolute Gasteiger partial charge is 0.341 e. The molecule has 2 aromatic rings. The van der Waals surface area contributed by atoms with Crippen LogP contribution in [0.4, 0.5) is 0 Å². The van der Waals surface area contributed by atoms with Gasteiger partial charge in [0.25, 0.3) is 0 Å². The summed E-state index contributed by atoms with van der Waals surface area (Å²) in [5, 5.41) is 0. The van der Waals surface area contributed by atoms with E-state index in [1.165, 1.54) is 0 Å². The summed E-state index contributed by atoms with van der Waals surface area (Å²) < 4.78 is 2.06. The zero-order chi connectivity index (χ0) is 16.4. The molecule has 1 aromatic heterocycles. The molecule has 2 N–H and O–H groups in total. The van der Waals surface area contributed by atoms with Crippen LogP contribution in [0.1, 0.15) is 19.2 Å². The van der Waals surface area contributed by atoms with Gasteiger partial charge in [-0.1, -0.05) is 19.1 Å². The lowest BCUT2D eigenvalue weighted by atomic mass is 9.90. The number of carbonyl (C=O) groups is 1. The number of para-hydroxylation sites is 2. The lowest BCUT2D eigenvalue weighted by Crippen LogP contribution is -2.36. The van der Waals surface area contributed by atoms with Gasteiger partial charge in [0, 0.05) is 13.1 Å². The molecule has 1 atom stereocenters. The molecule has 1 aromatic carbocycles. The molecule has 0 spiro atoms. The SMILES string of the molecule is CSCc1nc2ccccc2n1CC(=O)N1CCC(C)(CN)C1.Cl.Cl. The number of hydrogen-bond donors (Lipinski definition) is 1. The Morgan fingerprint density at radius 3 is 2.72 bits per heavy atom. The highest BCUT2D eigenvalue weighted by Gasteiger charge is 2.35. The predicted molar refractivity (Wildman–Crippen MR) is 110 cm³/mol. The van der Waals surface area contributed by atoms with Crippen LogP contribution in [0.3, 0.4) is 0 Å². The molecule has 5 nitrogen and oxygen atoms in total. The number of imidazole rings is 1. The van der Waals surface area contributed by atoms with E-state index >= 15 is 0 Å². The molecule has 1 saturated heterocycles. The number of thioether (sulfide) groups is 1. The Morgan fingerprint density at radius 2 is 2.08 bits per heavy atom. The second-order valence-electron chi connectivity index (χ2n) is 6.62. The minimum absolute atomic E-state index is 0. The smallest absolute Gasteiger partial charge is 0.242 e. The van der Waals surface area contributed by atoms with Crippen LogP contribution in [-0.2, 0) is 17.1 Å². The van der Waals surface area contributed by atoms with Gasteiger partial charge >= 0.3 is 0 Å². The summed E-state index contributed by atoms with van der Waals surface area (Å²) in [6.45, 7) is 4.70. The minimum Gasteiger partial charge on any atom is -0.341 e. The molecule has 1 aliphatic heterocycles. The van der Waals surface area contributed by atoms with Crippen LogP contribution in [0, 0.1) is 5.41 Å². The van der Waals surface area contributed by atoms with Gasteiger partial charge in [0.2, 0.25) is 5.91 Å². The number of nitrogens with two attached hydrogens (primary N) is 1. The number of aromatic nitrogens is 2. The van der Waals surface area contributed by atoms with Crippen molar-refractivity contribution in [2.75, 3.05) is 25.9 Å². The summed E-state index contributed by atoms with van der Waals surface area (Å²) in [6.07, 6.45) is 3.04. The number of carbonyl (C=O) groups excluding carboxylic acids is 1. The third-order valence-electron chi connectivity index (χ3n) is 4.70. The van der Waals surface area contributed by atoms with Gasteiger partial charge in [0.15, 0.2) is 0 Å². The molecule has 0 saturated carbocycles. The van der Waals surface area contributed by atoms with Gasteiger partial charge in [0.1, 0.15) is 12.4 Å². The third-order valence-corrected chi connectivity index (χ3v) is 5.25. The van der Waals surface area contributed by atoms with Crippen LogP contribution in [0.2, 0.25) is 0 Å². The fourth-order valence-electron chi connectivity index (χ4n) is 3.18. The number of halogens is 2. The van der Waals surface area contributed by atoms with Crippen molar-refractivity contribution in [3.05, 3.63) is 30.1 Å². The highest BCUT2D eigenvalue weighted by Crippen LogP contribution is 2.29. The van der Waals surface area contributed by atoms with E-state index in [-0.39, 0.29) is 36.1 Å². The van der Waals surface area contributed by atoms with E-state index in [1.807, 2.05) is 29.2 Å².